The summed E-state index contributed by atoms with van der Waals surface area (Å²) in [7, 11) is 0. The van der Waals surface area contributed by atoms with Gasteiger partial charge < -0.3 is 75.3 Å². The van der Waals surface area contributed by atoms with Crippen molar-refractivity contribution >= 4 is 54.0 Å². The largest absolute Gasteiger partial charge is 0.872 e. The monoisotopic (exact) mass is 920 g/mol. The van der Waals surface area contributed by atoms with Crippen LogP contribution in [0, 0.1) is 0 Å². The molecule has 0 amide bonds. The molecule has 21 nitrogen and oxygen atoms in total. The van der Waals surface area contributed by atoms with Gasteiger partial charge in [0, 0.05) is 21.1 Å². The van der Waals surface area contributed by atoms with E-state index >= 15 is 0 Å². The third kappa shape index (κ3) is 23.9. The summed E-state index contributed by atoms with van der Waals surface area (Å²) < 4.78 is 0. The summed E-state index contributed by atoms with van der Waals surface area (Å²) in [5, 5.41) is 86.7. The molecule has 0 aliphatic rings. The van der Waals surface area contributed by atoms with Crippen molar-refractivity contribution in [1.82, 2.24) is 29.9 Å². The summed E-state index contributed by atoms with van der Waals surface area (Å²) in [6, 6.07) is 16.6. The van der Waals surface area contributed by atoms with E-state index in [0.717, 1.165) is 18.2 Å². The van der Waals surface area contributed by atoms with Crippen LogP contribution in [0.25, 0.3) is 18.2 Å². The van der Waals surface area contributed by atoms with Crippen molar-refractivity contribution < 1.29 is 95.8 Å². The van der Waals surface area contributed by atoms with Crippen LogP contribution in [0.2, 0.25) is 0 Å². The zero-order chi connectivity index (χ0) is 44.9. The van der Waals surface area contributed by atoms with Gasteiger partial charge in [-0.15, -0.1) is 0 Å². The molecule has 3 aromatic heterocycles. The van der Waals surface area contributed by atoms with E-state index in [9.17, 15) is 59.4 Å². The van der Waals surface area contributed by atoms with Gasteiger partial charge in [0.25, 0.3) is 0 Å². The number of nitrogens with zero attached hydrogens (tertiary/aromatic N) is 3. The van der Waals surface area contributed by atoms with Crippen molar-refractivity contribution in [3.8, 4) is 17.2 Å². The predicted molar refractivity (Wildman–Crippen MR) is 196 cm³/mol. The Labute approximate surface area is 358 Å². The van der Waals surface area contributed by atoms with Crippen molar-refractivity contribution in [1.29, 1.82) is 0 Å². The smallest absolute Gasteiger partial charge is 0.335 e. The number of imidazole rings is 3. The number of para-hydroxylation sites is 3. The molecule has 0 saturated heterocycles. The van der Waals surface area contributed by atoms with Crippen molar-refractivity contribution in [3.05, 3.63) is 162 Å². The van der Waals surface area contributed by atoms with Crippen molar-refractivity contribution in [2.24, 2.45) is 0 Å². The molecule has 6 rings (SSSR count). The van der Waals surface area contributed by atoms with E-state index < -0.39 is 53.1 Å². The molecule has 0 atom stereocenters. The van der Waals surface area contributed by atoms with Gasteiger partial charge in [0.2, 0.25) is 0 Å². The molecule has 0 bridgehead atoms. The fourth-order valence-electron chi connectivity index (χ4n) is 3.48. The Morgan fingerprint density at radius 2 is 0.672 bits per heavy atom. The third-order valence-electron chi connectivity index (χ3n) is 6.11. The van der Waals surface area contributed by atoms with E-state index in [4.69, 9.17) is 15.3 Å². The van der Waals surface area contributed by atoms with Gasteiger partial charge in [-0.25, -0.2) is 29.3 Å². The number of H-pyrrole nitrogens is 3. The molecule has 61 heavy (non-hydrogen) atoms. The Morgan fingerprint density at radius 1 is 0.443 bits per heavy atom. The molecule has 0 unspecified atom stereocenters. The summed E-state index contributed by atoms with van der Waals surface area (Å²) in [5.74, 6) is -8.51. The van der Waals surface area contributed by atoms with Crippen LogP contribution in [-0.2, 0) is 35.4 Å². The number of hydrogen-bond donors (Lipinski definition) is 6. The SMILES string of the molecule is O=C(O)c1ccccc1[O-].O=C(O)c1ccccc1[O-].O=C(O)c1ccccc1[O-].O=C([O-])C=Cc1cnc[nH]1.O=C([O-])C=Cc1cnc[nH]1.O=C([O-])C=Cc1cnc[nH]1.[Mo]. The van der Waals surface area contributed by atoms with Crippen LogP contribution in [0.15, 0.2) is 129 Å². The Kier molecular flexibility index (Phi) is 25.5. The average Bonchev–Trinajstić information content (AvgIpc) is 4.03. The number of aromatic amines is 3. The Bertz CT molecular complexity index is 2080. The first kappa shape index (κ1) is 52.4. The number of aromatic carboxylic acids is 3. The molecule has 3 aromatic carbocycles. The summed E-state index contributed by atoms with van der Waals surface area (Å²) >= 11 is 0. The second kappa shape index (κ2) is 29.6. The summed E-state index contributed by atoms with van der Waals surface area (Å²) in [5.41, 5.74) is 1.39. The number of nitrogens with one attached hydrogen (secondary N) is 3. The summed E-state index contributed by atoms with van der Waals surface area (Å²) in [6.07, 6.45) is 15.9. The van der Waals surface area contributed by atoms with Crippen molar-refractivity contribution in [2.75, 3.05) is 0 Å². The van der Waals surface area contributed by atoms with Gasteiger partial charge in [-0.05, 0) is 54.7 Å². The van der Waals surface area contributed by atoms with E-state index in [1.807, 2.05) is 0 Å². The number of carboxylic acids is 6. The fraction of sp³-hybridized carbons (Fsp3) is 0. The maximum Gasteiger partial charge on any atom is 0.335 e. The van der Waals surface area contributed by atoms with E-state index in [2.05, 4.69) is 29.9 Å². The number of benzene rings is 3. The molecular weight excluding hydrogens is 888 g/mol. The van der Waals surface area contributed by atoms with Gasteiger partial charge in [-0.2, -0.15) is 0 Å². The van der Waals surface area contributed by atoms with Gasteiger partial charge in [-0.1, -0.05) is 71.8 Å². The number of carbonyl (C=O) groups is 6. The van der Waals surface area contributed by atoms with Gasteiger partial charge in [0.05, 0.1) is 89.3 Å². The molecule has 0 radical (unpaired) electrons. The van der Waals surface area contributed by atoms with Gasteiger partial charge in [0.15, 0.2) is 0 Å². The minimum Gasteiger partial charge on any atom is -0.872 e. The molecule has 0 aliphatic carbocycles. The Hall–Kier alpha value is -8.58. The number of hydrogen-bond acceptors (Lipinski definition) is 15. The van der Waals surface area contributed by atoms with Crippen molar-refractivity contribution in [2.45, 2.75) is 0 Å². The second-order valence-corrected chi connectivity index (χ2v) is 10.4. The molecule has 22 heteroatoms. The van der Waals surface area contributed by atoms with E-state index in [-0.39, 0.29) is 37.8 Å². The normalized spacial score (nSPS) is 9.64. The molecule has 0 spiro atoms. The van der Waals surface area contributed by atoms with E-state index in [0.29, 0.717) is 17.1 Å². The van der Waals surface area contributed by atoms with Crippen molar-refractivity contribution in [3.63, 3.8) is 0 Å². The minimum absolute atomic E-state index is 0. The zero-order valence-electron chi connectivity index (χ0n) is 30.8. The molecule has 0 saturated carbocycles. The molecule has 0 fully saturated rings. The van der Waals surface area contributed by atoms with Gasteiger partial charge in [-0.3, -0.25) is 0 Å². The number of carbonyl (C=O) groups excluding carboxylic acids is 3. The van der Waals surface area contributed by atoms with E-state index in [1.54, 1.807) is 0 Å². The fourth-order valence-corrected chi connectivity index (χ4v) is 3.48. The first-order chi connectivity index (χ1) is 28.5. The molecule has 0 aliphatic heterocycles. The second-order valence-electron chi connectivity index (χ2n) is 10.4. The van der Waals surface area contributed by atoms with Crippen LogP contribution in [-0.4, -0.2) is 81.0 Å². The number of rotatable bonds is 9. The van der Waals surface area contributed by atoms with E-state index in [1.165, 1.54) is 129 Å². The average molecular weight is 919 g/mol. The molecule has 6 aromatic rings. The number of aromatic nitrogens is 6. The van der Waals surface area contributed by atoms with Crippen LogP contribution in [0.5, 0.6) is 17.2 Å². The molecule has 318 valence electrons. The van der Waals surface area contributed by atoms with Crippen LogP contribution in [0.4, 0.5) is 0 Å². The van der Waals surface area contributed by atoms with Gasteiger partial charge >= 0.3 is 17.9 Å². The maximum atomic E-state index is 10.7. The number of carboxylic acid groups (broad SMARTS) is 6. The molecule has 3 heterocycles. The van der Waals surface area contributed by atoms with Crippen LogP contribution >= 0.6 is 0 Å². The number of aliphatic carboxylic acids is 3. The topological polar surface area (TPSA) is 388 Å². The molecule has 6 N–H and O–H groups in total. The Morgan fingerprint density at radius 3 is 0.820 bits per heavy atom. The van der Waals surface area contributed by atoms with Gasteiger partial charge in [0.1, 0.15) is 0 Å². The predicted octanol–water partition coefficient (Wildman–Crippen LogP) is -1.11. The third-order valence-corrected chi connectivity index (χ3v) is 6.11. The van der Waals surface area contributed by atoms with Crippen LogP contribution < -0.4 is 30.6 Å². The first-order valence-corrected chi connectivity index (χ1v) is 16.1. The summed E-state index contributed by atoms with van der Waals surface area (Å²) in [4.78, 5) is 79.4. The zero-order valence-corrected chi connectivity index (χ0v) is 32.9. The van der Waals surface area contributed by atoms with Crippen LogP contribution in [0.3, 0.4) is 0 Å². The summed E-state index contributed by atoms with van der Waals surface area (Å²) in [6.45, 7) is 0. The first-order valence-electron chi connectivity index (χ1n) is 16.1. The minimum atomic E-state index is -1.21. The quantitative estimate of drug-likeness (QED) is 0.0740. The molecular formula is C39H30MoN6O15-6. The van der Waals surface area contributed by atoms with Crippen LogP contribution in [0.1, 0.15) is 48.2 Å². The Balaban J connectivity index is 0.000000706. The standard InChI is InChI=1S/3C7H6O3.3C6H6N2O2.Mo/c3*8-6-4-2-1-3-5(6)7(9)10;3*9-6(10)2-1-5-3-7-4-8-5;/h3*1-4,8H,(H,9,10);3*1-4H,(H,7,8)(H,9,10);/p-6. The maximum absolute atomic E-state index is 10.7.